The third-order valence-corrected chi connectivity index (χ3v) is 7.13. The van der Waals surface area contributed by atoms with Crippen LogP contribution >= 0.6 is 11.3 Å². The fourth-order valence-electron chi connectivity index (χ4n) is 4.40. The Kier molecular flexibility index (Phi) is 6.61. The number of carbonyl (C=O) groups is 2. The summed E-state index contributed by atoms with van der Waals surface area (Å²) in [5.74, 6) is -0.660. The minimum Gasteiger partial charge on any atom is -0.464 e. The Labute approximate surface area is 206 Å². The molecule has 1 aliphatic rings. The van der Waals surface area contributed by atoms with Crippen LogP contribution in [0.3, 0.4) is 0 Å². The number of hydrogen-bond acceptors (Lipinski definition) is 6. The highest BCUT2D eigenvalue weighted by Crippen LogP contribution is 2.21. The van der Waals surface area contributed by atoms with Crippen molar-refractivity contribution in [2.75, 3.05) is 33.2 Å². The van der Waals surface area contributed by atoms with Crippen molar-refractivity contribution < 1.29 is 18.4 Å². The van der Waals surface area contributed by atoms with Gasteiger partial charge in [-0.15, -0.1) is 11.3 Å². The van der Waals surface area contributed by atoms with Crippen molar-refractivity contribution in [3.05, 3.63) is 87.8 Å². The molecule has 1 aliphatic heterocycles. The first-order valence-corrected chi connectivity index (χ1v) is 12.3. The number of hydrogen-bond donors (Lipinski definition) is 1. The van der Waals surface area contributed by atoms with E-state index in [1.54, 1.807) is 52.9 Å². The Balaban J connectivity index is 1.28. The highest BCUT2D eigenvalue weighted by Gasteiger charge is 2.31. The van der Waals surface area contributed by atoms with E-state index in [4.69, 9.17) is 4.42 Å². The van der Waals surface area contributed by atoms with E-state index < -0.39 is 0 Å². The molecule has 180 valence electrons. The van der Waals surface area contributed by atoms with Crippen molar-refractivity contribution in [1.29, 1.82) is 0 Å². The number of likely N-dealkylation sites (N-methyl/N-ethyl adjacent to an activating group) is 1. The molecule has 1 N–H and O–H groups in total. The normalized spacial score (nSPS) is 16.5. The molecule has 7 nitrogen and oxygen atoms in total. The van der Waals surface area contributed by atoms with Crippen LogP contribution in [0.25, 0.3) is 11.0 Å². The van der Waals surface area contributed by atoms with Crippen LogP contribution in [0.2, 0.25) is 0 Å². The fraction of sp³-hybridized carbons (Fsp3) is 0.269. The number of rotatable bonds is 6. The lowest BCUT2D eigenvalue weighted by molar-refractivity contribution is 0.0492. The zero-order valence-electron chi connectivity index (χ0n) is 19.2. The first kappa shape index (κ1) is 23.2. The van der Waals surface area contributed by atoms with E-state index in [2.05, 4.69) is 15.2 Å². The molecule has 1 fully saturated rings. The third-order valence-electron chi connectivity index (χ3n) is 6.25. The van der Waals surface area contributed by atoms with Gasteiger partial charge in [0.05, 0.1) is 23.6 Å². The van der Waals surface area contributed by atoms with Crippen LogP contribution < -0.4 is 5.32 Å². The number of aromatic nitrogens is 1. The maximum absolute atomic E-state index is 14.0. The molecule has 1 atom stereocenters. The summed E-state index contributed by atoms with van der Waals surface area (Å²) in [5, 5.41) is 5.92. The SMILES string of the molecule is CN1CCN(C(=O)c2nc(Cc3ccccc3F)cs2)[C@@H](CNC(=O)c2cccc3occc23)C1. The first-order chi connectivity index (χ1) is 17.0. The van der Waals surface area contributed by atoms with E-state index in [0.29, 0.717) is 53.5 Å². The number of carbonyl (C=O) groups excluding carboxylic acids is 2. The van der Waals surface area contributed by atoms with Crippen molar-refractivity contribution >= 4 is 34.1 Å². The number of halogens is 1. The van der Waals surface area contributed by atoms with E-state index in [1.807, 2.05) is 13.1 Å². The predicted octanol–water partition coefficient (Wildman–Crippen LogP) is 3.81. The lowest BCUT2D eigenvalue weighted by atomic mass is 10.1. The van der Waals surface area contributed by atoms with Gasteiger partial charge in [-0.1, -0.05) is 24.3 Å². The summed E-state index contributed by atoms with van der Waals surface area (Å²) < 4.78 is 19.4. The molecule has 2 amide bonds. The van der Waals surface area contributed by atoms with E-state index in [9.17, 15) is 14.0 Å². The van der Waals surface area contributed by atoms with Gasteiger partial charge in [0.25, 0.3) is 11.8 Å². The Morgan fingerprint density at radius 3 is 2.89 bits per heavy atom. The van der Waals surface area contributed by atoms with Crippen LogP contribution in [0.5, 0.6) is 0 Å². The molecule has 3 heterocycles. The molecule has 2 aromatic carbocycles. The molecule has 0 spiro atoms. The summed E-state index contributed by atoms with van der Waals surface area (Å²) in [6.45, 7) is 2.22. The summed E-state index contributed by atoms with van der Waals surface area (Å²) in [5.41, 5.74) is 2.40. The maximum Gasteiger partial charge on any atom is 0.283 e. The first-order valence-electron chi connectivity index (χ1n) is 11.4. The molecule has 0 aliphatic carbocycles. The number of fused-ring (bicyclic) bond motifs is 1. The molecule has 2 aromatic heterocycles. The van der Waals surface area contributed by atoms with Crippen molar-refractivity contribution in [2.24, 2.45) is 0 Å². The molecule has 9 heteroatoms. The van der Waals surface area contributed by atoms with Crippen molar-refractivity contribution in [3.63, 3.8) is 0 Å². The molecule has 1 saturated heterocycles. The Hall–Kier alpha value is -3.56. The standard InChI is InChI=1S/C26H25FN4O3S/c1-30-10-11-31(26(33)25-29-18(16-35-25)13-17-5-2-3-7-22(17)27)19(15-30)14-28-24(32)21-6-4-8-23-20(21)9-12-34-23/h2-9,12,16,19H,10-11,13-15H2,1H3,(H,28,32)/t19-/m0/s1. The molecular weight excluding hydrogens is 467 g/mol. The summed E-state index contributed by atoms with van der Waals surface area (Å²) in [6, 6.07) is 13.5. The second-order valence-corrected chi connectivity index (χ2v) is 9.53. The minimum atomic E-state index is -0.283. The van der Waals surface area contributed by atoms with Crippen LogP contribution in [-0.4, -0.2) is 65.9 Å². The molecule has 35 heavy (non-hydrogen) atoms. The van der Waals surface area contributed by atoms with Crippen LogP contribution in [-0.2, 0) is 6.42 Å². The quantitative estimate of drug-likeness (QED) is 0.443. The minimum absolute atomic E-state index is 0.168. The topological polar surface area (TPSA) is 78.7 Å². The molecular formula is C26H25FN4O3S. The van der Waals surface area contributed by atoms with Gasteiger partial charge < -0.3 is 19.5 Å². The highest BCUT2D eigenvalue weighted by molar-refractivity contribution is 7.11. The van der Waals surface area contributed by atoms with Gasteiger partial charge in [-0.2, -0.15) is 0 Å². The van der Waals surface area contributed by atoms with E-state index in [1.165, 1.54) is 17.4 Å². The smallest absolute Gasteiger partial charge is 0.283 e. The summed E-state index contributed by atoms with van der Waals surface area (Å²) >= 11 is 1.27. The highest BCUT2D eigenvalue weighted by atomic mass is 32.1. The monoisotopic (exact) mass is 492 g/mol. The van der Waals surface area contributed by atoms with Crippen LogP contribution in [0.15, 0.2) is 64.6 Å². The lowest BCUT2D eigenvalue weighted by Gasteiger charge is -2.39. The van der Waals surface area contributed by atoms with E-state index >= 15 is 0 Å². The summed E-state index contributed by atoms with van der Waals surface area (Å²) in [7, 11) is 2.00. The van der Waals surface area contributed by atoms with Crippen molar-refractivity contribution in [2.45, 2.75) is 12.5 Å². The van der Waals surface area contributed by atoms with Crippen LogP contribution in [0, 0.1) is 5.82 Å². The number of amides is 2. The second kappa shape index (κ2) is 9.97. The Bertz CT molecular complexity index is 1370. The van der Waals surface area contributed by atoms with Crippen LogP contribution in [0.1, 0.15) is 31.4 Å². The maximum atomic E-state index is 14.0. The van der Waals surface area contributed by atoms with E-state index in [0.717, 1.165) is 11.9 Å². The predicted molar refractivity (Wildman–Crippen MR) is 132 cm³/mol. The van der Waals surface area contributed by atoms with Crippen LogP contribution in [0.4, 0.5) is 4.39 Å². The molecule has 0 saturated carbocycles. The van der Waals surface area contributed by atoms with E-state index in [-0.39, 0.29) is 23.7 Å². The molecule has 4 aromatic rings. The number of nitrogens with one attached hydrogen (secondary N) is 1. The average molecular weight is 493 g/mol. The average Bonchev–Trinajstić information content (AvgIpc) is 3.53. The van der Waals surface area contributed by atoms with Gasteiger partial charge in [0.1, 0.15) is 11.4 Å². The van der Waals surface area contributed by atoms with Gasteiger partial charge in [-0.3, -0.25) is 9.59 Å². The summed E-state index contributed by atoms with van der Waals surface area (Å²) in [6.07, 6.45) is 1.89. The number of thiazole rings is 1. The molecule has 0 bridgehead atoms. The summed E-state index contributed by atoms with van der Waals surface area (Å²) in [4.78, 5) is 34.7. The number of nitrogens with zero attached hydrogens (tertiary/aromatic N) is 3. The number of benzene rings is 2. The second-order valence-electron chi connectivity index (χ2n) is 8.67. The van der Waals surface area contributed by atoms with Gasteiger partial charge in [0.15, 0.2) is 5.01 Å². The van der Waals surface area contributed by atoms with Gasteiger partial charge in [0.2, 0.25) is 0 Å². The zero-order valence-corrected chi connectivity index (χ0v) is 20.1. The lowest BCUT2D eigenvalue weighted by Crippen LogP contribution is -2.57. The number of furan rings is 1. The molecule has 0 radical (unpaired) electrons. The van der Waals surface area contributed by atoms with Crippen molar-refractivity contribution in [1.82, 2.24) is 20.1 Å². The number of piperazine rings is 1. The molecule has 0 unspecified atom stereocenters. The van der Waals surface area contributed by atoms with Gasteiger partial charge >= 0.3 is 0 Å². The Morgan fingerprint density at radius 2 is 2.03 bits per heavy atom. The van der Waals surface area contributed by atoms with Gasteiger partial charge in [-0.05, 0) is 36.9 Å². The molecule has 5 rings (SSSR count). The van der Waals surface area contributed by atoms with Crippen molar-refractivity contribution in [3.8, 4) is 0 Å². The Morgan fingerprint density at radius 1 is 1.17 bits per heavy atom. The fourth-order valence-corrected chi connectivity index (χ4v) is 5.17. The largest absolute Gasteiger partial charge is 0.464 e. The van der Waals surface area contributed by atoms with Gasteiger partial charge in [-0.25, -0.2) is 9.37 Å². The third kappa shape index (κ3) is 4.96. The van der Waals surface area contributed by atoms with Gasteiger partial charge in [0, 0.05) is 43.4 Å². The zero-order chi connectivity index (χ0) is 24.4.